The van der Waals surface area contributed by atoms with Crippen LogP contribution in [0.25, 0.3) is 10.8 Å². The van der Waals surface area contributed by atoms with Gasteiger partial charge in [0, 0.05) is 18.0 Å². The van der Waals surface area contributed by atoms with Gasteiger partial charge >= 0.3 is 6.18 Å². The fraction of sp³-hybridized carbons (Fsp3) is 0.550. The van der Waals surface area contributed by atoms with Gasteiger partial charge in [-0.15, -0.1) is 0 Å². The second kappa shape index (κ2) is 7.50. The van der Waals surface area contributed by atoms with Crippen LogP contribution in [0.2, 0.25) is 0 Å². The SMILES string of the molecule is OCC1(CNc2nc(C(F)(F)F)cc3ccccc23)COCC2CCCCN21. The first-order valence-electron chi connectivity index (χ1n) is 9.59. The van der Waals surface area contributed by atoms with Gasteiger partial charge in [0.25, 0.3) is 0 Å². The Labute approximate surface area is 161 Å². The van der Waals surface area contributed by atoms with Crippen LogP contribution >= 0.6 is 0 Å². The summed E-state index contributed by atoms with van der Waals surface area (Å²) in [7, 11) is 0. The van der Waals surface area contributed by atoms with Crippen LogP contribution in [0.4, 0.5) is 19.0 Å². The van der Waals surface area contributed by atoms with Gasteiger partial charge in [0.1, 0.15) is 11.5 Å². The van der Waals surface area contributed by atoms with Crippen molar-refractivity contribution in [1.82, 2.24) is 9.88 Å². The van der Waals surface area contributed by atoms with E-state index in [-0.39, 0.29) is 25.0 Å². The zero-order chi connectivity index (χ0) is 19.8. The van der Waals surface area contributed by atoms with Crippen LogP contribution in [-0.2, 0) is 10.9 Å². The number of pyridine rings is 1. The highest BCUT2D eigenvalue weighted by molar-refractivity contribution is 5.92. The predicted octanol–water partition coefficient (Wildman–Crippen LogP) is 3.28. The average Bonchev–Trinajstić information content (AvgIpc) is 2.71. The molecule has 152 valence electrons. The van der Waals surface area contributed by atoms with Crippen molar-refractivity contribution >= 4 is 16.6 Å². The number of rotatable bonds is 4. The molecular weight excluding hydrogens is 371 g/mol. The summed E-state index contributed by atoms with van der Waals surface area (Å²) in [4.78, 5) is 6.12. The summed E-state index contributed by atoms with van der Waals surface area (Å²) in [5.41, 5.74) is -1.59. The zero-order valence-corrected chi connectivity index (χ0v) is 15.5. The summed E-state index contributed by atoms with van der Waals surface area (Å²) in [5.74, 6) is 0.178. The molecule has 2 fully saturated rings. The van der Waals surface area contributed by atoms with Crippen LogP contribution in [0.5, 0.6) is 0 Å². The van der Waals surface area contributed by atoms with Gasteiger partial charge in [0.05, 0.1) is 25.4 Å². The number of aliphatic hydroxyl groups excluding tert-OH is 1. The largest absolute Gasteiger partial charge is 0.433 e. The Hall–Kier alpha value is -1.90. The van der Waals surface area contributed by atoms with Gasteiger partial charge in [-0.05, 0) is 30.8 Å². The standard InChI is InChI=1S/C20H24F3N3O2/c21-20(22,23)17-9-14-5-1-2-7-16(14)18(25-17)24-11-19(12-27)13-28-10-15-6-3-4-8-26(15)19/h1-2,5,7,9,15,27H,3-4,6,8,10-13H2,(H,24,25). The van der Waals surface area contributed by atoms with E-state index in [4.69, 9.17) is 4.74 Å². The molecule has 2 N–H and O–H groups in total. The minimum Gasteiger partial charge on any atom is -0.394 e. The highest BCUT2D eigenvalue weighted by atomic mass is 19.4. The molecule has 2 aliphatic rings. The molecular formula is C20H24F3N3O2. The Morgan fingerprint density at radius 3 is 2.89 bits per heavy atom. The van der Waals surface area contributed by atoms with Crippen molar-refractivity contribution < 1.29 is 23.0 Å². The van der Waals surface area contributed by atoms with E-state index >= 15 is 0 Å². The number of ether oxygens (including phenoxy) is 1. The number of aromatic nitrogens is 1. The van der Waals surface area contributed by atoms with E-state index in [2.05, 4.69) is 15.2 Å². The van der Waals surface area contributed by atoms with E-state index < -0.39 is 17.4 Å². The second-order valence-corrected chi connectivity index (χ2v) is 7.67. The highest BCUT2D eigenvalue weighted by Crippen LogP contribution is 2.34. The third-order valence-corrected chi connectivity index (χ3v) is 5.83. The summed E-state index contributed by atoms with van der Waals surface area (Å²) < 4.78 is 45.6. The van der Waals surface area contributed by atoms with Gasteiger partial charge in [-0.1, -0.05) is 30.7 Å². The van der Waals surface area contributed by atoms with Crippen molar-refractivity contribution in [2.24, 2.45) is 0 Å². The number of hydrogen-bond donors (Lipinski definition) is 2. The lowest BCUT2D eigenvalue weighted by Gasteiger charge is -2.52. The minimum absolute atomic E-state index is 0.132. The number of nitrogens with one attached hydrogen (secondary N) is 1. The smallest absolute Gasteiger partial charge is 0.394 e. The first-order valence-corrected chi connectivity index (χ1v) is 9.59. The molecule has 0 bridgehead atoms. The van der Waals surface area contributed by atoms with E-state index in [1.807, 2.05) is 0 Å². The molecule has 2 aliphatic heterocycles. The van der Waals surface area contributed by atoms with Crippen LogP contribution in [0.15, 0.2) is 30.3 Å². The maximum Gasteiger partial charge on any atom is 0.433 e. The summed E-state index contributed by atoms with van der Waals surface area (Å²) in [6, 6.07) is 8.17. The molecule has 2 aromatic rings. The van der Waals surface area contributed by atoms with Crippen LogP contribution in [0, 0.1) is 0 Å². The number of benzene rings is 1. The number of fused-ring (bicyclic) bond motifs is 2. The summed E-state index contributed by atoms with van der Waals surface area (Å²) in [6.45, 7) is 1.95. The Morgan fingerprint density at radius 2 is 2.11 bits per heavy atom. The quantitative estimate of drug-likeness (QED) is 0.832. The number of nitrogens with zero attached hydrogens (tertiary/aromatic N) is 2. The molecule has 1 aromatic heterocycles. The molecule has 0 spiro atoms. The van der Waals surface area contributed by atoms with Gasteiger partial charge < -0.3 is 15.2 Å². The van der Waals surface area contributed by atoms with Crippen LogP contribution in [0.3, 0.4) is 0 Å². The molecule has 0 radical (unpaired) electrons. The van der Waals surface area contributed by atoms with E-state index in [0.717, 1.165) is 31.9 Å². The number of hydrogen-bond acceptors (Lipinski definition) is 5. The Balaban J connectivity index is 1.65. The normalized spacial score (nSPS) is 26.2. The molecule has 2 unspecified atom stereocenters. The lowest BCUT2D eigenvalue weighted by atomic mass is 9.89. The summed E-state index contributed by atoms with van der Waals surface area (Å²) >= 11 is 0. The van der Waals surface area contributed by atoms with Crippen molar-refractivity contribution in [2.75, 3.05) is 38.2 Å². The van der Waals surface area contributed by atoms with Crippen LogP contribution in [-0.4, -0.2) is 59.5 Å². The third kappa shape index (κ3) is 3.56. The summed E-state index contributed by atoms with van der Waals surface area (Å²) in [6.07, 6.45) is -1.35. The average molecular weight is 395 g/mol. The molecule has 8 heteroatoms. The van der Waals surface area contributed by atoms with Gasteiger partial charge in [-0.3, -0.25) is 4.90 Å². The van der Waals surface area contributed by atoms with Crippen molar-refractivity contribution in [3.8, 4) is 0 Å². The number of alkyl halides is 3. The predicted molar refractivity (Wildman–Crippen MR) is 100 cm³/mol. The van der Waals surface area contributed by atoms with E-state index in [9.17, 15) is 18.3 Å². The number of anilines is 1. The molecule has 0 saturated carbocycles. The lowest BCUT2D eigenvalue weighted by Crippen LogP contribution is -2.67. The second-order valence-electron chi connectivity index (χ2n) is 7.67. The molecule has 2 atom stereocenters. The fourth-order valence-electron chi connectivity index (χ4n) is 4.34. The minimum atomic E-state index is -4.53. The van der Waals surface area contributed by atoms with Gasteiger partial charge in [0.15, 0.2) is 0 Å². The first-order chi connectivity index (χ1) is 13.4. The number of morpholine rings is 1. The van der Waals surface area contributed by atoms with Crippen LogP contribution < -0.4 is 5.32 Å². The fourth-order valence-corrected chi connectivity index (χ4v) is 4.34. The van der Waals surface area contributed by atoms with E-state index in [1.165, 1.54) is 0 Å². The Bertz CT molecular complexity index is 843. The molecule has 5 nitrogen and oxygen atoms in total. The Kier molecular flexibility index (Phi) is 5.20. The molecule has 1 aromatic carbocycles. The monoisotopic (exact) mass is 395 g/mol. The Morgan fingerprint density at radius 1 is 1.29 bits per heavy atom. The van der Waals surface area contributed by atoms with Crippen molar-refractivity contribution in [3.63, 3.8) is 0 Å². The maximum atomic E-state index is 13.3. The molecule has 2 saturated heterocycles. The maximum absolute atomic E-state index is 13.3. The van der Waals surface area contributed by atoms with Gasteiger partial charge in [-0.25, -0.2) is 4.98 Å². The zero-order valence-electron chi connectivity index (χ0n) is 15.5. The van der Waals surface area contributed by atoms with Crippen molar-refractivity contribution in [3.05, 3.63) is 36.0 Å². The highest BCUT2D eigenvalue weighted by Gasteiger charge is 2.45. The topological polar surface area (TPSA) is 57.6 Å². The van der Waals surface area contributed by atoms with Gasteiger partial charge in [0.2, 0.25) is 0 Å². The summed E-state index contributed by atoms with van der Waals surface area (Å²) in [5, 5.41) is 14.4. The van der Waals surface area contributed by atoms with Crippen molar-refractivity contribution in [2.45, 2.75) is 37.0 Å². The molecule has 3 heterocycles. The molecule has 28 heavy (non-hydrogen) atoms. The molecule has 4 rings (SSSR count). The number of aliphatic hydroxyl groups is 1. The van der Waals surface area contributed by atoms with E-state index in [0.29, 0.717) is 24.0 Å². The first kappa shape index (κ1) is 19.4. The van der Waals surface area contributed by atoms with Crippen molar-refractivity contribution in [1.29, 1.82) is 0 Å². The lowest BCUT2D eigenvalue weighted by molar-refractivity contribution is -0.141. The number of halogens is 3. The van der Waals surface area contributed by atoms with E-state index in [1.54, 1.807) is 24.3 Å². The van der Waals surface area contributed by atoms with Gasteiger partial charge in [-0.2, -0.15) is 13.2 Å². The molecule has 0 aliphatic carbocycles. The molecule has 0 amide bonds. The van der Waals surface area contributed by atoms with Crippen LogP contribution in [0.1, 0.15) is 25.0 Å². The number of piperidine rings is 1. The third-order valence-electron chi connectivity index (χ3n) is 5.83.